The molecule has 0 saturated carbocycles. The Morgan fingerprint density at radius 3 is 2.94 bits per heavy atom. The van der Waals surface area contributed by atoms with Crippen molar-refractivity contribution in [3.63, 3.8) is 0 Å². The average Bonchev–Trinajstić information content (AvgIpc) is 2.30. The van der Waals surface area contributed by atoms with Gasteiger partial charge in [0.05, 0.1) is 6.61 Å². The fourth-order valence-electron chi connectivity index (χ4n) is 1.43. The molecule has 1 rings (SSSR count). The van der Waals surface area contributed by atoms with Gasteiger partial charge in [0.1, 0.15) is 5.75 Å². The van der Waals surface area contributed by atoms with E-state index in [0.29, 0.717) is 13.0 Å². The van der Waals surface area contributed by atoms with Crippen molar-refractivity contribution in [3.05, 3.63) is 24.3 Å². The maximum Gasteiger partial charge on any atom is 0.224 e. The van der Waals surface area contributed by atoms with Crippen molar-refractivity contribution in [2.75, 3.05) is 17.3 Å². The van der Waals surface area contributed by atoms with Gasteiger partial charge in [-0.25, -0.2) is 0 Å². The van der Waals surface area contributed by atoms with Crippen LogP contribution in [0.3, 0.4) is 0 Å². The van der Waals surface area contributed by atoms with E-state index in [0.717, 1.165) is 29.6 Å². The molecule has 0 fully saturated rings. The van der Waals surface area contributed by atoms with E-state index < -0.39 is 0 Å². The highest BCUT2D eigenvalue weighted by molar-refractivity contribution is 9.09. The second kappa shape index (κ2) is 8.12. The number of amides is 1. The highest BCUT2D eigenvalue weighted by Crippen LogP contribution is 2.17. The maximum absolute atomic E-state index is 11.6. The lowest BCUT2D eigenvalue weighted by Crippen LogP contribution is -2.11. The third-order valence-corrected chi connectivity index (χ3v) is 2.78. The second-order valence-corrected chi connectivity index (χ2v) is 4.45. The summed E-state index contributed by atoms with van der Waals surface area (Å²) in [5, 5.41) is 3.81. The lowest BCUT2D eigenvalue weighted by atomic mass is 10.2. The summed E-state index contributed by atoms with van der Waals surface area (Å²) in [6.45, 7) is 2.56. The Hall–Kier alpha value is -1.03. The number of halogens is 1. The van der Waals surface area contributed by atoms with E-state index in [2.05, 4.69) is 21.2 Å². The number of benzene rings is 1. The Bertz CT molecular complexity index is 355. The number of ether oxygens (including phenoxy) is 1. The molecular formula is C13H18BrNO2. The number of anilines is 1. The van der Waals surface area contributed by atoms with Crippen LogP contribution in [0.5, 0.6) is 5.75 Å². The Kier molecular flexibility index (Phi) is 6.70. The molecule has 0 aliphatic rings. The molecule has 0 aliphatic carbocycles. The molecule has 0 heterocycles. The largest absolute Gasteiger partial charge is 0.494 e. The molecule has 1 N–H and O–H groups in total. The highest BCUT2D eigenvalue weighted by atomic mass is 79.9. The van der Waals surface area contributed by atoms with Crippen LogP contribution in [0.4, 0.5) is 5.69 Å². The van der Waals surface area contributed by atoms with Crippen LogP contribution in [0.2, 0.25) is 0 Å². The number of alkyl halides is 1. The molecule has 1 amide bonds. The fraction of sp³-hybridized carbons (Fsp3) is 0.462. The summed E-state index contributed by atoms with van der Waals surface area (Å²) < 4.78 is 5.37. The van der Waals surface area contributed by atoms with Crippen molar-refractivity contribution < 1.29 is 9.53 Å². The van der Waals surface area contributed by atoms with E-state index >= 15 is 0 Å². The SMILES string of the molecule is CCOc1cccc(NC(=O)CCCCBr)c1. The summed E-state index contributed by atoms with van der Waals surface area (Å²) in [7, 11) is 0. The van der Waals surface area contributed by atoms with Crippen LogP contribution >= 0.6 is 15.9 Å². The zero-order chi connectivity index (χ0) is 12.5. The standard InChI is InChI=1S/C13H18BrNO2/c1-2-17-12-7-5-6-11(10-12)15-13(16)8-3-4-9-14/h5-7,10H,2-4,8-9H2,1H3,(H,15,16). The summed E-state index contributed by atoms with van der Waals surface area (Å²) in [6.07, 6.45) is 2.49. The molecule has 0 radical (unpaired) electrons. The minimum atomic E-state index is 0.0552. The lowest BCUT2D eigenvalue weighted by Gasteiger charge is -2.07. The summed E-state index contributed by atoms with van der Waals surface area (Å²) in [5.41, 5.74) is 0.791. The van der Waals surface area contributed by atoms with E-state index in [4.69, 9.17) is 4.74 Å². The first-order chi connectivity index (χ1) is 8.26. The van der Waals surface area contributed by atoms with Gasteiger partial charge in [0.2, 0.25) is 5.91 Å². The average molecular weight is 300 g/mol. The van der Waals surface area contributed by atoms with Gasteiger partial charge < -0.3 is 10.1 Å². The molecule has 0 spiro atoms. The molecule has 4 heteroatoms. The number of rotatable bonds is 7. The molecular weight excluding hydrogens is 282 g/mol. The number of carbonyl (C=O) groups is 1. The van der Waals surface area contributed by atoms with Gasteiger partial charge in [0.25, 0.3) is 0 Å². The minimum Gasteiger partial charge on any atom is -0.494 e. The van der Waals surface area contributed by atoms with Crippen molar-refractivity contribution >= 4 is 27.5 Å². The lowest BCUT2D eigenvalue weighted by molar-refractivity contribution is -0.116. The van der Waals surface area contributed by atoms with Crippen LogP contribution in [0.25, 0.3) is 0 Å². The molecule has 0 unspecified atom stereocenters. The van der Waals surface area contributed by atoms with Crippen molar-refractivity contribution in [1.82, 2.24) is 0 Å². The molecule has 0 aliphatic heterocycles. The van der Waals surface area contributed by atoms with Crippen molar-refractivity contribution in [2.24, 2.45) is 0 Å². The smallest absolute Gasteiger partial charge is 0.224 e. The Morgan fingerprint density at radius 1 is 1.41 bits per heavy atom. The second-order valence-electron chi connectivity index (χ2n) is 3.66. The fourth-order valence-corrected chi connectivity index (χ4v) is 1.83. The first-order valence-corrected chi connectivity index (χ1v) is 6.97. The van der Waals surface area contributed by atoms with Crippen molar-refractivity contribution in [1.29, 1.82) is 0 Å². The van der Waals surface area contributed by atoms with Gasteiger partial charge in [-0.3, -0.25) is 4.79 Å². The van der Waals surface area contributed by atoms with Crippen LogP contribution in [0, 0.1) is 0 Å². The van der Waals surface area contributed by atoms with Gasteiger partial charge in [0, 0.05) is 23.5 Å². The van der Waals surface area contributed by atoms with Gasteiger partial charge in [-0.1, -0.05) is 22.0 Å². The number of nitrogens with one attached hydrogen (secondary N) is 1. The molecule has 1 aromatic carbocycles. The van der Waals surface area contributed by atoms with Gasteiger partial charge in [0.15, 0.2) is 0 Å². The molecule has 0 saturated heterocycles. The summed E-state index contributed by atoms with van der Waals surface area (Å²) in [6, 6.07) is 7.46. The predicted molar refractivity (Wildman–Crippen MR) is 73.9 cm³/mol. The van der Waals surface area contributed by atoms with Crippen LogP contribution in [0.1, 0.15) is 26.2 Å². The first-order valence-electron chi connectivity index (χ1n) is 5.85. The molecule has 17 heavy (non-hydrogen) atoms. The van der Waals surface area contributed by atoms with Crippen LogP contribution in [-0.4, -0.2) is 17.8 Å². The predicted octanol–water partition coefficient (Wildman–Crippen LogP) is 3.59. The minimum absolute atomic E-state index is 0.0552. The first kappa shape index (κ1) is 14.0. The number of hydrogen-bond donors (Lipinski definition) is 1. The van der Waals surface area contributed by atoms with Crippen molar-refractivity contribution in [2.45, 2.75) is 26.2 Å². The van der Waals surface area contributed by atoms with Gasteiger partial charge in [-0.05, 0) is 31.9 Å². The molecule has 0 aromatic heterocycles. The van der Waals surface area contributed by atoms with E-state index in [1.54, 1.807) is 0 Å². The van der Waals surface area contributed by atoms with Crippen molar-refractivity contribution in [3.8, 4) is 5.75 Å². The highest BCUT2D eigenvalue weighted by Gasteiger charge is 2.02. The monoisotopic (exact) mass is 299 g/mol. The third-order valence-electron chi connectivity index (χ3n) is 2.22. The normalized spacial score (nSPS) is 10.0. The zero-order valence-electron chi connectivity index (χ0n) is 10.0. The van der Waals surface area contributed by atoms with Gasteiger partial charge in [-0.15, -0.1) is 0 Å². The van der Waals surface area contributed by atoms with Gasteiger partial charge in [-0.2, -0.15) is 0 Å². The molecule has 1 aromatic rings. The summed E-state index contributed by atoms with van der Waals surface area (Å²) >= 11 is 3.34. The molecule has 94 valence electrons. The van der Waals surface area contributed by atoms with Crippen LogP contribution in [0.15, 0.2) is 24.3 Å². The summed E-state index contributed by atoms with van der Waals surface area (Å²) in [4.78, 5) is 11.6. The van der Waals surface area contributed by atoms with Gasteiger partial charge >= 0.3 is 0 Å². The number of carbonyl (C=O) groups excluding carboxylic acids is 1. The third kappa shape index (κ3) is 5.73. The quantitative estimate of drug-likeness (QED) is 0.617. The topological polar surface area (TPSA) is 38.3 Å². The Balaban J connectivity index is 2.44. The Labute approximate surface area is 111 Å². The van der Waals surface area contributed by atoms with Crippen LogP contribution < -0.4 is 10.1 Å². The summed E-state index contributed by atoms with van der Waals surface area (Å²) in [5.74, 6) is 0.838. The number of hydrogen-bond acceptors (Lipinski definition) is 2. The molecule has 0 atom stereocenters. The molecule has 0 bridgehead atoms. The van der Waals surface area contributed by atoms with Crippen LogP contribution in [-0.2, 0) is 4.79 Å². The van der Waals surface area contributed by atoms with E-state index in [1.807, 2.05) is 31.2 Å². The van der Waals surface area contributed by atoms with E-state index in [-0.39, 0.29) is 5.91 Å². The molecule has 3 nitrogen and oxygen atoms in total. The van der Waals surface area contributed by atoms with E-state index in [9.17, 15) is 4.79 Å². The number of unbranched alkanes of at least 4 members (excludes halogenated alkanes) is 1. The zero-order valence-corrected chi connectivity index (χ0v) is 11.6. The maximum atomic E-state index is 11.6. The Morgan fingerprint density at radius 2 is 2.24 bits per heavy atom. The van der Waals surface area contributed by atoms with E-state index in [1.165, 1.54) is 0 Å².